The molecule has 0 amide bonds. The van der Waals surface area contributed by atoms with Crippen molar-refractivity contribution in [3.8, 4) is 17.2 Å². The molecule has 1 saturated heterocycles. The summed E-state index contributed by atoms with van der Waals surface area (Å²) in [6.45, 7) is 1.26. The van der Waals surface area contributed by atoms with Crippen molar-refractivity contribution in [2.24, 2.45) is 0 Å². The SMILES string of the molecule is COc1cc(C2CCNCC2=O)cc(OC)c1OC. The zero-order valence-corrected chi connectivity index (χ0v) is 11.5. The van der Waals surface area contributed by atoms with Crippen molar-refractivity contribution in [3.05, 3.63) is 17.7 Å². The highest BCUT2D eigenvalue weighted by Gasteiger charge is 2.26. The van der Waals surface area contributed by atoms with Crippen LogP contribution in [0, 0.1) is 0 Å². The van der Waals surface area contributed by atoms with Gasteiger partial charge in [-0.15, -0.1) is 0 Å². The van der Waals surface area contributed by atoms with Crippen molar-refractivity contribution < 1.29 is 19.0 Å². The highest BCUT2D eigenvalue weighted by Crippen LogP contribution is 2.40. The van der Waals surface area contributed by atoms with Crippen LogP contribution < -0.4 is 19.5 Å². The Kier molecular flexibility index (Phi) is 4.27. The van der Waals surface area contributed by atoms with Gasteiger partial charge in [0, 0.05) is 5.92 Å². The van der Waals surface area contributed by atoms with Crippen LogP contribution in [0.4, 0.5) is 0 Å². The molecule has 1 fully saturated rings. The molecule has 5 nitrogen and oxygen atoms in total. The molecule has 0 spiro atoms. The lowest BCUT2D eigenvalue weighted by Crippen LogP contribution is -2.35. The molecule has 0 radical (unpaired) electrons. The number of hydrogen-bond donors (Lipinski definition) is 1. The van der Waals surface area contributed by atoms with Gasteiger partial charge in [0.25, 0.3) is 0 Å². The van der Waals surface area contributed by atoms with Crippen LogP contribution in [-0.4, -0.2) is 40.2 Å². The molecule has 2 rings (SSSR count). The molecule has 1 unspecified atom stereocenters. The van der Waals surface area contributed by atoms with E-state index in [0.717, 1.165) is 18.5 Å². The third-order valence-corrected chi connectivity index (χ3v) is 3.39. The minimum Gasteiger partial charge on any atom is -0.493 e. The Morgan fingerprint density at radius 2 is 1.74 bits per heavy atom. The number of piperidine rings is 1. The molecule has 0 aliphatic carbocycles. The van der Waals surface area contributed by atoms with Crippen LogP contribution in [-0.2, 0) is 4.79 Å². The Bertz CT molecular complexity index is 448. The maximum atomic E-state index is 12.0. The molecule has 0 bridgehead atoms. The van der Waals surface area contributed by atoms with Crippen molar-refractivity contribution >= 4 is 5.78 Å². The Morgan fingerprint density at radius 1 is 1.11 bits per heavy atom. The number of ether oxygens (including phenoxy) is 3. The van der Waals surface area contributed by atoms with Gasteiger partial charge in [0.2, 0.25) is 5.75 Å². The minimum absolute atomic E-state index is 0.102. The number of benzene rings is 1. The minimum atomic E-state index is -0.102. The smallest absolute Gasteiger partial charge is 0.203 e. The van der Waals surface area contributed by atoms with E-state index in [9.17, 15) is 4.79 Å². The van der Waals surface area contributed by atoms with Crippen LogP contribution in [0.15, 0.2) is 12.1 Å². The van der Waals surface area contributed by atoms with Crippen molar-refractivity contribution in [2.45, 2.75) is 12.3 Å². The van der Waals surface area contributed by atoms with Gasteiger partial charge in [0.05, 0.1) is 27.9 Å². The number of nitrogens with one attached hydrogen (secondary N) is 1. The number of carbonyl (C=O) groups is 1. The molecule has 1 atom stereocenters. The fourth-order valence-electron chi connectivity index (χ4n) is 2.40. The molecule has 0 aromatic heterocycles. The first kappa shape index (κ1) is 13.7. The summed E-state index contributed by atoms with van der Waals surface area (Å²) in [6.07, 6.45) is 0.789. The number of hydrogen-bond acceptors (Lipinski definition) is 5. The Hall–Kier alpha value is -1.75. The lowest BCUT2D eigenvalue weighted by Gasteiger charge is -2.23. The molecule has 1 N–H and O–H groups in total. The van der Waals surface area contributed by atoms with Gasteiger partial charge in [-0.25, -0.2) is 0 Å². The monoisotopic (exact) mass is 265 g/mol. The van der Waals surface area contributed by atoms with Gasteiger partial charge in [-0.05, 0) is 30.7 Å². The van der Waals surface area contributed by atoms with Gasteiger partial charge >= 0.3 is 0 Å². The second-order valence-electron chi connectivity index (χ2n) is 4.44. The van der Waals surface area contributed by atoms with E-state index in [2.05, 4.69) is 5.32 Å². The average molecular weight is 265 g/mol. The molecule has 1 aromatic rings. The maximum Gasteiger partial charge on any atom is 0.203 e. The molecule has 1 aliphatic heterocycles. The van der Waals surface area contributed by atoms with E-state index < -0.39 is 0 Å². The number of rotatable bonds is 4. The molecular formula is C14H19NO4. The molecule has 1 aliphatic rings. The third-order valence-electron chi connectivity index (χ3n) is 3.39. The number of methoxy groups -OCH3 is 3. The predicted molar refractivity (Wildman–Crippen MR) is 71.3 cm³/mol. The molecule has 19 heavy (non-hydrogen) atoms. The number of ketones is 1. The Labute approximate surface area is 112 Å². The topological polar surface area (TPSA) is 56.8 Å². The summed E-state index contributed by atoms with van der Waals surface area (Å²) in [5.41, 5.74) is 0.918. The molecule has 0 saturated carbocycles. The molecule has 5 heteroatoms. The van der Waals surface area contributed by atoms with Crippen LogP contribution in [0.5, 0.6) is 17.2 Å². The zero-order chi connectivity index (χ0) is 13.8. The fraction of sp³-hybridized carbons (Fsp3) is 0.500. The van der Waals surface area contributed by atoms with Crippen LogP contribution in [0.1, 0.15) is 17.9 Å². The van der Waals surface area contributed by atoms with Gasteiger partial charge in [-0.2, -0.15) is 0 Å². The normalized spacial score (nSPS) is 19.1. The summed E-state index contributed by atoms with van der Waals surface area (Å²) in [7, 11) is 4.71. The summed E-state index contributed by atoms with van der Waals surface area (Å²) < 4.78 is 15.9. The van der Waals surface area contributed by atoms with E-state index >= 15 is 0 Å². The van der Waals surface area contributed by atoms with Crippen LogP contribution in [0.3, 0.4) is 0 Å². The summed E-state index contributed by atoms with van der Waals surface area (Å²) in [5.74, 6) is 1.82. The fourth-order valence-corrected chi connectivity index (χ4v) is 2.40. The van der Waals surface area contributed by atoms with Crippen LogP contribution >= 0.6 is 0 Å². The van der Waals surface area contributed by atoms with Crippen molar-refractivity contribution in [3.63, 3.8) is 0 Å². The van der Waals surface area contributed by atoms with Gasteiger partial charge < -0.3 is 19.5 Å². The lowest BCUT2D eigenvalue weighted by molar-refractivity contribution is -0.120. The summed E-state index contributed by atoms with van der Waals surface area (Å²) in [6, 6.07) is 3.71. The molecule has 104 valence electrons. The van der Waals surface area contributed by atoms with E-state index in [-0.39, 0.29) is 11.7 Å². The Morgan fingerprint density at radius 3 is 2.21 bits per heavy atom. The highest BCUT2D eigenvalue weighted by atomic mass is 16.5. The number of Topliss-reactive ketones (excluding diaryl/α,β-unsaturated/α-hetero) is 1. The third kappa shape index (κ3) is 2.66. The highest BCUT2D eigenvalue weighted by molar-refractivity contribution is 5.88. The van der Waals surface area contributed by atoms with E-state index in [0.29, 0.717) is 23.8 Å². The summed E-state index contributed by atoms with van der Waals surface area (Å²) >= 11 is 0. The molecule has 1 aromatic carbocycles. The first-order valence-electron chi connectivity index (χ1n) is 6.24. The van der Waals surface area contributed by atoms with Crippen molar-refractivity contribution in [2.75, 3.05) is 34.4 Å². The average Bonchev–Trinajstić information content (AvgIpc) is 2.46. The Balaban J connectivity index is 2.43. The maximum absolute atomic E-state index is 12.0. The van der Waals surface area contributed by atoms with Gasteiger partial charge in [-0.3, -0.25) is 4.79 Å². The van der Waals surface area contributed by atoms with Crippen LogP contribution in [0.2, 0.25) is 0 Å². The zero-order valence-electron chi connectivity index (χ0n) is 11.5. The second kappa shape index (κ2) is 5.93. The van der Waals surface area contributed by atoms with Gasteiger partial charge in [0.15, 0.2) is 17.3 Å². The lowest BCUT2D eigenvalue weighted by atomic mass is 9.89. The summed E-state index contributed by atoms with van der Waals surface area (Å²) in [5, 5.41) is 3.08. The van der Waals surface area contributed by atoms with E-state index in [4.69, 9.17) is 14.2 Å². The van der Waals surface area contributed by atoms with Crippen LogP contribution in [0.25, 0.3) is 0 Å². The van der Waals surface area contributed by atoms with Gasteiger partial charge in [-0.1, -0.05) is 0 Å². The number of carbonyl (C=O) groups excluding carboxylic acids is 1. The first-order valence-corrected chi connectivity index (χ1v) is 6.24. The predicted octanol–water partition coefficient (Wildman–Crippen LogP) is 1.36. The molecular weight excluding hydrogens is 246 g/mol. The molecule has 1 heterocycles. The quantitative estimate of drug-likeness (QED) is 0.890. The standard InChI is InChI=1S/C14H19NO4/c1-17-12-6-9(7-13(18-2)14(12)19-3)10-4-5-15-8-11(10)16/h6-7,10,15H,4-5,8H2,1-3H3. The largest absolute Gasteiger partial charge is 0.493 e. The van der Waals surface area contributed by atoms with Crippen molar-refractivity contribution in [1.29, 1.82) is 0 Å². The van der Waals surface area contributed by atoms with E-state index in [1.807, 2.05) is 12.1 Å². The van der Waals surface area contributed by atoms with E-state index in [1.165, 1.54) is 0 Å². The summed E-state index contributed by atoms with van der Waals surface area (Å²) in [4.78, 5) is 12.0. The van der Waals surface area contributed by atoms with E-state index in [1.54, 1.807) is 21.3 Å². The van der Waals surface area contributed by atoms with Crippen molar-refractivity contribution in [1.82, 2.24) is 5.32 Å². The first-order chi connectivity index (χ1) is 9.21. The van der Waals surface area contributed by atoms with Gasteiger partial charge in [0.1, 0.15) is 0 Å². The second-order valence-corrected chi connectivity index (χ2v) is 4.44.